The van der Waals surface area contributed by atoms with E-state index >= 15 is 0 Å². The molecule has 4 nitrogen and oxygen atoms in total. The number of rotatable bonds is 5. The Bertz CT molecular complexity index is 814. The van der Waals surface area contributed by atoms with Crippen LogP contribution in [0.4, 0.5) is 17.5 Å². The lowest BCUT2D eigenvalue weighted by atomic mass is 10.1. The summed E-state index contributed by atoms with van der Waals surface area (Å²) in [6.07, 6.45) is 5.63. The number of anilines is 3. The molecule has 1 saturated heterocycles. The second-order valence-corrected chi connectivity index (χ2v) is 6.67. The normalized spacial score (nSPS) is 14.2. The first-order valence-electron chi connectivity index (χ1n) is 9.35. The highest BCUT2D eigenvalue weighted by molar-refractivity contribution is 5.61. The molecule has 2 heterocycles. The van der Waals surface area contributed by atoms with Crippen molar-refractivity contribution in [2.24, 2.45) is 0 Å². The minimum atomic E-state index is 0.779. The third-order valence-corrected chi connectivity index (χ3v) is 4.79. The van der Waals surface area contributed by atoms with Gasteiger partial charge in [0.2, 0.25) is 5.95 Å². The summed E-state index contributed by atoms with van der Waals surface area (Å²) in [4.78, 5) is 14.0. The van der Waals surface area contributed by atoms with Crippen molar-refractivity contribution in [1.82, 2.24) is 9.97 Å². The molecule has 132 valence electrons. The van der Waals surface area contributed by atoms with Crippen LogP contribution in [-0.4, -0.2) is 23.1 Å². The zero-order valence-electron chi connectivity index (χ0n) is 15.0. The summed E-state index contributed by atoms with van der Waals surface area (Å²) in [5.41, 5.74) is 2.40. The van der Waals surface area contributed by atoms with E-state index < -0.39 is 0 Å². The zero-order chi connectivity index (χ0) is 17.6. The largest absolute Gasteiger partial charge is 0.341 e. The third-order valence-electron chi connectivity index (χ3n) is 4.79. The average Bonchev–Trinajstić information content (AvgIpc) is 2.74. The summed E-state index contributed by atoms with van der Waals surface area (Å²) in [7, 11) is 0. The van der Waals surface area contributed by atoms with Crippen molar-refractivity contribution in [3.63, 3.8) is 0 Å². The SMILES string of the molecule is c1ccc(CN(c2ccccc2)c2ccnc(N3CCCCC3)n2)cc1. The predicted molar refractivity (Wildman–Crippen MR) is 107 cm³/mol. The Balaban J connectivity index is 1.67. The molecule has 4 heteroatoms. The molecular formula is C22H24N4. The Labute approximate surface area is 155 Å². The summed E-state index contributed by atoms with van der Waals surface area (Å²) in [6, 6.07) is 23.0. The molecule has 0 radical (unpaired) electrons. The van der Waals surface area contributed by atoms with Crippen LogP contribution in [0.2, 0.25) is 0 Å². The highest BCUT2D eigenvalue weighted by atomic mass is 15.3. The van der Waals surface area contributed by atoms with Gasteiger partial charge in [0.25, 0.3) is 0 Å². The molecule has 0 amide bonds. The van der Waals surface area contributed by atoms with Crippen molar-refractivity contribution >= 4 is 17.5 Å². The van der Waals surface area contributed by atoms with E-state index in [2.05, 4.69) is 69.4 Å². The summed E-state index contributed by atoms with van der Waals surface area (Å²) in [6.45, 7) is 2.88. The molecule has 1 fully saturated rings. The Morgan fingerprint density at radius 3 is 2.23 bits per heavy atom. The summed E-state index contributed by atoms with van der Waals surface area (Å²) in [5, 5.41) is 0. The first-order chi connectivity index (χ1) is 12.9. The van der Waals surface area contributed by atoms with Crippen molar-refractivity contribution < 1.29 is 0 Å². The highest BCUT2D eigenvalue weighted by Crippen LogP contribution is 2.27. The molecule has 1 aliphatic rings. The van der Waals surface area contributed by atoms with Crippen molar-refractivity contribution in [2.75, 3.05) is 22.9 Å². The Morgan fingerprint density at radius 2 is 1.50 bits per heavy atom. The molecule has 0 unspecified atom stereocenters. The molecule has 0 saturated carbocycles. The van der Waals surface area contributed by atoms with Crippen LogP contribution in [0, 0.1) is 0 Å². The monoisotopic (exact) mass is 344 g/mol. The second-order valence-electron chi connectivity index (χ2n) is 6.67. The van der Waals surface area contributed by atoms with E-state index in [0.717, 1.165) is 37.1 Å². The molecule has 0 atom stereocenters. The predicted octanol–water partition coefficient (Wildman–Crippen LogP) is 4.81. The summed E-state index contributed by atoms with van der Waals surface area (Å²) >= 11 is 0. The molecule has 3 aromatic rings. The Kier molecular flexibility index (Phi) is 5.10. The van der Waals surface area contributed by atoms with E-state index in [4.69, 9.17) is 4.98 Å². The molecule has 4 rings (SSSR count). The minimum Gasteiger partial charge on any atom is -0.341 e. The van der Waals surface area contributed by atoms with E-state index in [-0.39, 0.29) is 0 Å². The van der Waals surface area contributed by atoms with Gasteiger partial charge in [-0.15, -0.1) is 0 Å². The molecule has 1 aromatic heterocycles. The molecular weight excluding hydrogens is 320 g/mol. The van der Waals surface area contributed by atoms with E-state index in [1.807, 2.05) is 18.3 Å². The van der Waals surface area contributed by atoms with Crippen LogP contribution >= 0.6 is 0 Å². The number of benzene rings is 2. The maximum absolute atomic E-state index is 4.91. The maximum Gasteiger partial charge on any atom is 0.227 e. The van der Waals surface area contributed by atoms with Crippen molar-refractivity contribution in [2.45, 2.75) is 25.8 Å². The van der Waals surface area contributed by atoms with Crippen molar-refractivity contribution in [3.05, 3.63) is 78.5 Å². The number of piperidine rings is 1. The Hall–Kier alpha value is -2.88. The van der Waals surface area contributed by atoms with Crippen LogP contribution in [0.15, 0.2) is 72.9 Å². The van der Waals surface area contributed by atoms with Crippen molar-refractivity contribution in [3.8, 4) is 0 Å². The van der Waals surface area contributed by atoms with E-state index in [0.29, 0.717) is 0 Å². The second kappa shape index (κ2) is 8.00. The van der Waals surface area contributed by atoms with Gasteiger partial charge in [0, 0.05) is 31.5 Å². The molecule has 0 N–H and O–H groups in total. The maximum atomic E-state index is 4.91. The molecule has 0 bridgehead atoms. The van der Waals surface area contributed by atoms with Gasteiger partial charge in [-0.2, -0.15) is 4.98 Å². The molecule has 0 aliphatic carbocycles. The minimum absolute atomic E-state index is 0.779. The molecule has 26 heavy (non-hydrogen) atoms. The van der Waals surface area contributed by atoms with Crippen LogP contribution in [0.3, 0.4) is 0 Å². The van der Waals surface area contributed by atoms with Gasteiger partial charge >= 0.3 is 0 Å². The first kappa shape index (κ1) is 16.6. The lowest BCUT2D eigenvalue weighted by molar-refractivity contribution is 0.568. The fourth-order valence-electron chi connectivity index (χ4n) is 3.41. The van der Waals surface area contributed by atoms with Crippen molar-refractivity contribution in [1.29, 1.82) is 0 Å². The summed E-state index contributed by atoms with van der Waals surface area (Å²) < 4.78 is 0. The van der Waals surface area contributed by atoms with Crippen LogP contribution in [0.5, 0.6) is 0 Å². The van der Waals surface area contributed by atoms with Gasteiger partial charge in [-0.1, -0.05) is 48.5 Å². The lowest BCUT2D eigenvalue weighted by Crippen LogP contribution is -2.31. The van der Waals surface area contributed by atoms with E-state index in [1.54, 1.807) is 0 Å². The van der Waals surface area contributed by atoms with Gasteiger partial charge in [0.15, 0.2) is 0 Å². The molecule has 2 aromatic carbocycles. The first-order valence-corrected chi connectivity index (χ1v) is 9.35. The van der Waals surface area contributed by atoms with Gasteiger partial charge in [0.1, 0.15) is 5.82 Å². The summed E-state index contributed by atoms with van der Waals surface area (Å²) in [5.74, 6) is 1.78. The quantitative estimate of drug-likeness (QED) is 0.665. The number of aromatic nitrogens is 2. The number of nitrogens with zero attached hydrogens (tertiary/aromatic N) is 4. The fraction of sp³-hybridized carbons (Fsp3) is 0.273. The fourth-order valence-corrected chi connectivity index (χ4v) is 3.41. The van der Waals surface area contributed by atoms with Gasteiger partial charge in [-0.05, 0) is 43.0 Å². The van der Waals surface area contributed by atoms with Gasteiger partial charge in [-0.25, -0.2) is 4.98 Å². The van der Waals surface area contributed by atoms with Crippen LogP contribution < -0.4 is 9.80 Å². The number of hydrogen-bond donors (Lipinski definition) is 0. The zero-order valence-corrected chi connectivity index (χ0v) is 15.0. The lowest BCUT2D eigenvalue weighted by Gasteiger charge is -2.29. The molecule has 1 aliphatic heterocycles. The van der Waals surface area contributed by atoms with Gasteiger partial charge in [-0.3, -0.25) is 0 Å². The molecule has 0 spiro atoms. The Morgan fingerprint density at radius 1 is 0.808 bits per heavy atom. The number of para-hydroxylation sites is 1. The van der Waals surface area contributed by atoms with Crippen LogP contribution in [0.1, 0.15) is 24.8 Å². The van der Waals surface area contributed by atoms with Gasteiger partial charge in [0.05, 0.1) is 0 Å². The standard InChI is InChI=1S/C22H24N4/c1-4-10-19(11-5-1)18-26(20-12-6-2-7-13-20)21-14-15-23-22(24-21)25-16-8-3-9-17-25/h1-2,4-7,10-15H,3,8-9,16-18H2. The third kappa shape index (κ3) is 3.85. The smallest absolute Gasteiger partial charge is 0.227 e. The van der Waals surface area contributed by atoms with Crippen LogP contribution in [-0.2, 0) is 6.54 Å². The average molecular weight is 344 g/mol. The van der Waals surface area contributed by atoms with E-state index in [9.17, 15) is 0 Å². The van der Waals surface area contributed by atoms with Crippen LogP contribution in [0.25, 0.3) is 0 Å². The van der Waals surface area contributed by atoms with Gasteiger partial charge < -0.3 is 9.80 Å². The number of hydrogen-bond acceptors (Lipinski definition) is 4. The van der Waals surface area contributed by atoms with E-state index in [1.165, 1.54) is 24.8 Å². The topological polar surface area (TPSA) is 32.3 Å². The highest BCUT2D eigenvalue weighted by Gasteiger charge is 2.17.